The molecule has 1 aliphatic heterocycles. The number of nitrogens with zero attached hydrogens (tertiary/aromatic N) is 1. The summed E-state index contributed by atoms with van der Waals surface area (Å²) in [5.41, 5.74) is 2.78. The molecule has 0 N–H and O–H groups in total. The minimum absolute atomic E-state index is 0.0709. The predicted octanol–water partition coefficient (Wildman–Crippen LogP) is 6.17. The number of anilines is 1. The molecule has 0 fully saturated rings. The van der Waals surface area contributed by atoms with Gasteiger partial charge in [0, 0.05) is 40.1 Å². The lowest BCUT2D eigenvalue weighted by molar-refractivity contribution is -0.121. The summed E-state index contributed by atoms with van der Waals surface area (Å²) in [6.45, 7) is 4.11. The van der Waals surface area contributed by atoms with Crippen LogP contribution in [0.3, 0.4) is 0 Å². The van der Waals surface area contributed by atoms with Gasteiger partial charge in [0.2, 0.25) is 5.91 Å². The van der Waals surface area contributed by atoms with Crippen LogP contribution in [0.25, 0.3) is 0 Å². The van der Waals surface area contributed by atoms with Gasteiger partial charge in [0.25, 0.3) is 0 Å². The van der Waals surface area contributed by atoms with Gasteiger partial charge in [-0.25, -0.2) is 0 Å². The van der Waals surface area contributed by atoms with E-state index in [1.54, 1.807) is 30.2 Å². The first kappa shape index (κ1) is 21.0. The largest absolute Gasteiger partial charge is 0.497 e. The van der Waals surface area contributed by atoms with Crippen molar-refractivity contribution < 1.29 is 14.3 Å². The summed E-state index contributed by atoms with van der Waals surface area (Å²) in [5.74, 6) is 0.486. The Morgan fingerprint density at radius 2 is 1.63 bits per heavy atom. The Labute approximate surface area is 186 Å². The number of ketones is 1. The number of amides is 1. The zero-order chi connectivity index (χ0) is 21.6. The molecule has 0 spiro atoms. The summed E-state index contributed by atoms with van der Waals surface area (Å²) in [5, 5.41) is 0.900. The molecule has 4 rings (SSSR count). The van der Waals surface area contributed by atoms with E-state index in [2.05, 4.69) is 13.8 Å². The number of Topliss-reactive ketones (excluding diaryl/α,β-unsaturated/α-hetero) is 1. The van der Waals surface area contributed by atoms with Crippen LogP contribution in [0.15, 0.2) is 53.7 Å². The van der Waals surface area contributed by atoms with E-state index in [4.69, 9.17) is 27.9 Å². The van der Waals surface area contributed by atoms with E-state index in [0.29, 0.717) is 28.6 Å². The van der Waals surface area contributed by atoms with Crippen molar-refractivity contribution in [1.29, 1.82) is 0 Å². The number of carbonyl (C=O) groups excluding carboxylic acids is 2. The molecule has 30 heavy (non-hydrogen) atoms. The van der Waals surface area contributed by atoms with E-state index in [9.17, 15) is 9.59 Å². The van der Waals surface area contributed by atoms with Gasteiger partial charge < -0.3 is 4.74 Å². The minimum Gasteiger partial charge on any atom is -0.497 e. The van der Waals surface area contributed by atoms with E-state index >= 15 is 0 Å². The molecule has 156 valence electrons. The zero-order valence-electron chi connectivity index (χ0n) is 17.2. The number of ether oxygens (including phenoxy) is 1. The van der Waals surface area contributed by atoms with Gasteiger partial charge in [0.1, 0.15) is 5.75 Å². The van der Waals surface area contributed by atoms with Crippen molar-refractivity contribution in [3.8, 4) is 5.75 Å². The number of carbonyl (C=O) groups is 2. The highest BCUT2D eigenvalue weighted by Gasteiger charge is 2.44. The van der Waals surface area contributed by atoms with Crippen molar-refractivity contribution in [1.82, 2.24) is 0 Å². The molecule has 6 heteroatoms. The molecule has 1 atom stereocenters. The summed E-state index contributed by atoms with van der Waals surface area (Å²) >= 11 is 12.4. The third kappa shape index (κ3) is 3.86. The molecule has 0 aromatic heterocycles. The highest BCUT2D eigenvalue weighted by Crippen LogP contribution is 2.48. The number of benzene rings is 2. The first-order chi connectivity index (χ1) is 14.2. The van der Waals surface area contributed by atoms with E-state index in [1.165, 1.54) is 0 Å². The Morgan fingerprint density at radius 1 is 1.00 bits per heavy atom. The molecule has 2 aromatic rings. The third-order valence-corrected chi connectivity index (χ3v) is 6.20. The van der Waals surface area contributed by atoms with E-state index in [0.717, 1.165) is 22.6 Å². The highest BCUT2D eigenvalue weighted by atomic mass is 35.5. The van der Waals surface area contributed by atoms with Gasteiger partial charge in [-0.1, -0.05) is 49.2 Å². The van der Waals surface area contributed by atoms with Crippen molar-refractivity contribution in [3.05, 3.63) is 69.3 Å². The smallest absolute Gasteiger partial charge is 0.232 e. The number of hydrogen-bond donors (Lipinski definition) is 0. The standard InChI is InChI=1S/C24H23Cl2NO3/c1-24(2)12-20-23(21(28)13-24)19(14-4-6-18(30-3)7-5-14)11-22(29)27(20)17-9-15(25)8-16(26)10-17/h4-10,19H,11-13H2,1-3H3. The molecule has 0 saturated carbocycles. The second kappa shape index (κ2) is 7.75. The Hall–Kier alpha value is -2.30. The molecular weight excluding hydrogens is 421 g/mol. The SMILES string of the molecule is COc1ccc(C2CC(=O)N(c3cc(Cl)cc(Cl)c3)C3=C2C(=O)CC(C)(C)C3)cc1. The average Bonchev–Trinajstić information content (AvgIpc) is 2.65. The average molecular weight is 444 g/mol. The molecule has 0 saturated heterocycles. The summed E-state index contributed by atoms with van der Waals surface area (Å²) < 4.78 is 5.25. The van der Waals surface area contributed by atoms with Crippen LogP contribution in [0.1, 0.15) is 44.6 Å². The van der Waals surface area contributed by atoms with Crippen molar-refractivity contribution in [2.24, 2.45) is 5.41 Å². The van der Waals surface area contributed by atoms with Crippen LogP contribution in [-0.2, 0) is 9.59 Å². The van der Waals surface area contributed by atoms with E-state index in [-0.39, 0.29) is 29.4 Å². The van der Waals surface area contributed by atoms with Crippen LogP contribution >= 0.6 is 23.2 Å². The Bertz CT molecular complexity index is 1040. The molecule has 4 nitrogen and oxygen atoms in total. The number of hydrogen-bond acceptors (Lipinski definition) is 3. The molecule has 1 heterocycles. The Kier molecular flexibility index (Phi) is 5.41. The van der Waals surface area contributed by atoms with Crippen molar-refractivity contribution in [2.75, 3.05) is 12.0 Å². The van der Waals surface area contributed by atoms with Gasteiger partial charge in [0.15, 0.2) is 5.78 Å². The summed E-state index contributed by atoms with van der Waals surface area (Å²) in [4.78, 5) is 28.3. The Balaban J connectivity index is 1.88. The molecule has 1 unspecified atom stereocenters. The molecule has 2 aliphatic rings. The molecule has 0 bridgehead atoms. The van der Waals surface area contributed by atoms with Crippen molar-refractivity contribution in [2.45, 2.75) is 39.0 Å². The highest BCUT2D eigenvalue weighted by molar-refractivity contribution is 6.35. The van der Waals surface area contributed by atoms with Gasteiger partial charge in [-0.15, -0.1) is 0 Å². The number of halogens is 2. The van der Waals surface area contributed by atoms with Crippen LogP contribution < -0.4 is 9.64 Å². The maximum absolute atomic E-state index is 13.4. The lowest BCUT2D eigenvalue weighted by Crippen LogP contribution is -2.43. The molecular formula is C24H23Cl2NO3. The molecule has 1 aliphatic carbocycles. The van der Waals surface area contributed by atoms with Crippen LogP contribution in [0.4, 0.5) is 5.69 Å². The van der Waals surface area contributed by atoms with E-state index in [1.807, 2.05) is 24.3 Å². The lowest BCUT2D eigenvalue weighted by atomic mass is 9.69. The van der Waals surface area contributed by atoms with Crippen LogP contribution in [0, 0.1) is 5.41 Å². The second-order valence-electron chi connectivity index (χ2n) is 8.69. The maximum atomic E-state index is 13.4. The van der Waals surface area contributed by atoms with Gasteiger partial charge in [0.05, 0.1) is 12.8 Å². The summed E-state index contributed by atoms with van der Waals surface area (Å²) in [6, 6.07) is 12.7. The monoisotopic (exact) mass is 443 g/mol. The molecule has 2 aromatic carbocycles. The predicted molar refractivity (Wildman–Crippen MR) is 119 cm³/mol. The lowest BCUT2D eigenvalue weighted by Gasteiger charge is -2.43. The van der Waals surface area contributed by atoms with Crippen molar-refractivity contribution >= 4 is 40.6 Å². The summed E-state index contributed by atoms with van der Waals surface area (Å²) in [7, 11) is 1.61. The normalized spacial score (nSPS) is 21.0. The zero-order valence-corrected chi connectivity index (χ0v) is 18.7. The van der Waals surface area contributed by atoms with Gasteiger partial charge in [-0.05, 0) is 47.7 Å². The van der Waals surface area contributed by atoms with Gasteiger partial charge >= 0.3 is 0 Å². The third-order valence-electron chi connectivity index (χ3n) is 5.77. The second-order valence-corrected chi connectivity index (χ2v) is 9.56. The quantitative estimate of drug-likeness (QED) is 0.569. The first-order valence-corrected chi connectivity index (χ1v) is 10.6. The first-order valence-electron chi connectivity index (χ1n) is 9.88. The number of rotatable bonds is 3. The van der Waals surface area contributed by atoms with Crippen LogP contribution in [0.2, 0.25) is 10.0 Å². The van der Waals surface area contributed by atoms with Crippen LogP contribution in [-0.4, -0.2) is 18.8 Å². The number of methoxy groups -OCH3 is 1. The fraction of sp³-hybridized carbons (Fsp3) is 0.333. The molecule has 0 radical (unpaired) electrons. The Morgan fingerprint density at radius 3 is 2.23 bits per heavy atom. The maximum Gasteiger partial charge on any atom is 0.232 e. The van der Waals surface area contributed by atoms with Gasteiger partial charge in [-0.3, -0.25) is 14.5 Å². The topological polar surface area (TPSA) is 46.6 Å². The fourth-order valence-corrected chi connectivity index (χ4v) is 5.02. The fourth-order valence-electron chi connectivity index (χ4n) is 4.50. The van der Waals surface area contributed by atoms with Gasteiger partial charge in [-0.2, -0.15) is 0 Å². The van der Waals surface area contributed by atoms with Crippen molar-refractivity contribution in [3.63, 3.8) is 0 Å². The number of allylic oxidation sites excluding steroid dienone is 2. The van der Waals surface area contributed by atoms with Crippen LogP contribution in [0.5, 0.6) is 5.75 Å². The summed E-state index contributed by atoms with van der Waals surface area (Å²) in [6.07, 6.45) is 1.29. The van der Waals surface area contributed by atoms with E-state index < -0.39 is 0 Å². The molecule has 1 amide bonds. The minimum atomic E-state index is -0.270.